The molecule has 20 heavy (non-hydrogen) atoms. The number of amides is 1. The van der Waals surface area contributed by atoms with Gasteiger partial charge in [0.2, 0.25) is 5.91 Å². The zero-order valence-corrected chi connectivity index (χ0v) is 11.4. The second-order valence-corrected chi connectivity index (χ2v) is 5.21. The van der Waals surface area contributed by atoms with Crippen molar-refractivity contribution in [2.24, 2.45) is 0 Å². The van der Waals surface area contributed by atoms with Gasteiger partial charge in [0.05, 0.1) is 12.5 Å². The second kappa shape index (κ2) is 5.66. The largest absolute Gasteiger partial charge is 0.328 e. The molecule has 0 fully saturated rings. The molecule has 1 amide bonds. The van der Waals surface area contributed by atoms with Crippen LogP contribution in [-0.4, -0.2) is 20.4 Å². The van der Waals surface area contributed by atoms with Crippen LogP contribution >= 0.6 is 11.3 Å². The average molecular weight is 284 g/mol. The first-order chi connectivity index (χ1) is 9.81. The lowest BCUT2D eigenvalue weighted by Gasteiger charge is -2.02. The molecule has 0 aliphatic heterocycles. The molecule has 3 aromatic rings. The van der Waals surface area contributed by atoms with Crippen LogP contribution in [0.1, 0.15) is 0 Å². The molecule has 2 aromatic heterocycles. The van der Waals surface area contributed by atoms with Crippen molar-refractivity contribution >= 4 is 22.2 Å². The van der Waals surface area contributed by atoms with Gasteiger partial charge in [-0.3, -0.25) is 4.79 Å². The van der Waals surface area contributed by atoms with Crippen molar-refractivity contribution in [1.82, 2.24) is 14.5 Å². The minimum atomic E-state index is -0.0914. The van der Waals surface area contributed by atoms with E-state index in [0.717, 1.165) is 15.6 Å². The molecule has 0 spiro atoms. The fourth-order valence-electron chi connectivity index (χ4n) is 1.77. The highest BCUT2D eigenvalue weighted by Crippen LogP contribution is 2.27. The number of anilines is 1. The first-order valence-corrected chi connectivity index (χ1v) is 6.90. The Balaban J connectivity index is 1.67. The van der Waals surface area contributed by atoms with E-state index in [9.17, 15) is 4.79 Å². The minimum Gasteiger partial charge on any atom is -0.328 e. The third-order valence-electron chi connectivity index (χ3n) is 2.67. The Hall–Kier alpha value is -2.47. The molecule has 0 aliphatic rings. The maximum atomic E-state index is 11.8. The molecule has 1 aromatic carbocycles. The third-order valence-corrected chi connectivity index (χ3v) is 3.64. The van der Waals surface area contributed by atoms with Gasteiger partial charge in [-0.1, -0.05) is 41.7 Å². The van der Waals surface area contributed by atoms with Crippen molar-refractivity contribution in [2.75, 3.05) is 5.32 Å². The van der Waals surface area contributed by atoms with Crippen LogP contribution in [0.5, 0.6) is 0 Å². The summed E-state index contributed by atoms with van der Waals surface area (Å²) >= 11 is 1.46. The maximum Gasteiger partial charge on any atom is 0.244 e. The molecule has 1 N–H and O–H groups in total. The van der Waals surface area contributed by atoms with Gasteiger partial charge in [0, 0.05) is 18.0 Å². The van der Waals surface area contributed by atoms with E-state index < -0.39 is 0 Å². The molecular weight excluding hydrogens is 272 g/mol. The van der Waals surface area contributed by atoms with Gasteiger partial charge in [-0.25, -0.2) is 9.97 Å². The third kappa shape index (κ3) is 2.92. The molecule has 6 heteroatoms. The first-order valence-electron chi connectivity index (χ1n) is 6.08. The number of benzene rings is 1. The number of nitrogens with zero attached hydrogens (tertiary/aromatic N) is 3. The SMILES string of the molecule is O=C(Cn1ccnc1)Nc1cnc(-c2ccccc2)s1. The van der Waals surface area contributed by atoms with Crippen molar-refractivity contribution in [1.29, 1.82) is 0 Å². The van der Waals surface area contributed by atoms with E-state index in [-0.39, 0.29) is 12.5 Å². The summed E-state index contributed by atoms with van der Waals surface area (Å²) in [5.74, 6) is -0.0914. The molecule has 0 unspecified atom stereocenters. The number of carbonyl (C=O) groups excluding carboxylic acids is 1. The maximum absolute atomic E-state index is 11.8. The van der Waals surface area contributed by atoms with Crippen LogP contribution < -0.4 is 5.32 Å². The fraction of sp³-hybridized carbons (Fsp3) is 0.0714. The smallest absolute Gasteiger partial charge is 0.244 e. The van der Waals surface area contributed by atoms with Crippen molar-refractivity contribution in [2.45, 2.75) is 6.54 Å². The molecule has 0 bridgehead atoms. The van der Waals surface area contributed by atoms with E-state index in [1.165, 1.54) is 11.3 Å². The summed E-state index contributed by atoms with van der Waals surface area (Å²) in [5, 5.41) is 4.48. The highest BCUT2D eigenvalue weighted by Gasteiger charge is 2.08. The molecule has 0 atom stereocenters. The molecule has 100 valence electrons. The van der Waals surface area contributed by atoms with Gasteiger partial charge in [0.25, 0.3) is 0 Å². The Bertz CT molecular complexity index is 691. The molecule has 0 saturated carbocycles. The Morgan fingerprint density at radius 2 is 2.15 bits per heavy atom. The van der Waals surface area contributed by atoms with Crippen LogP contribution in [0, 0.1) is 0 Å². The van der Waals surface area contributed by atoms with Gasteiger partial charge in [-0.05, 0) is 0 Å². The number of aromatic nitrogens is 3. The van der Waals surface area contributed by atoms with Gasteiger partial charge < -0.3 is 9.88 Å². The lowest BCUT2D eigenvalue weighted by Crippen LogP contribution is -2.17. The molecule has 5 nitrogen and oxygen atoms in total. The number of nitrogens with one attached hydrogen (secondary N) is 1. The Morgan fingerprint density at radius 1 is 1.30 bits per heavy atom. The normalized spacial score (nSPS) is 10.4. The van der Waals surface area contributed by atoms with Gasteiger partial charge in [-0.2, -0.15) is 0 Å². The van der Waals surface area contributed by atoms with E-state index in [2.05, 4.69) is 15.3 Å². The summed E-state index contributed by atoms with van der Waals surface area (Å²) in [6.07, 6.45) is 6.69. The average Bonchev–Trinajstić information content (AvgIpc) is 3.11. The summed E-state index contributed by atoms with van der Waals surface area (Å²) in [4.78, 5) is 20.1. The Labute approximate surface area is 119 Å². The molecule has 0 saturated heterocycles. The van der Waals surface area contributed by atoms with Crippen molar-refractivity contribution < 1.29 is 4.79 Å². The van der Waals surface area contributed by atoms with Crippen LogP contribution in [0.25, 0.3) is 10.6 Å². The highest BCUT2D eigenvalue weighted by molar-refractivity contribution is 7.19. The molecule has 0 radical (unpaired) electrons. The lowest BCUT2D eigenvalue weighted by molar-refractivity contribution is -0.116. The molecule has 2 heterocycles. The predicted molar refractivity (Wildman–Crippen MR) is 78.4 cm³/mol. The van der Waals surface area contributed by atoms with Crippen molar-refractivity contribution in [3.8, 4) is 10.6 Å². The molecule has 0 aliphatic carbocycles. The van der Waals surface area contributed by atoms with Crippen LogP contribution in [0.3, 0.4) is 0 Å². The first kappa shape index (κ1) is 12.6. The van der Waals surface area contributed by atoms with Gasteiger partial charge in [-0.15, -0.1) is 0 Å². The van der Waals surface area contributed by atoms with E-state index in [1.54, 1.807) is 29.5 Å². The fourth-order valence-corrected chi connectivity index (χ4v) is 2.61. The van der Waals surface area contributed by atoms with Crippen LogP contribution in [-0.2, 0) is 11.3 Å². The second-order valence-electron chi connectivity index (χ2n) is 4.18. The number of thiazole rings is 1. The van der Waals surface area contributed by atoms with E-state index >= 15 is 0 Å². The Morgan fingerprint density at radius 3 is 2.90 bits per heavy atom. The number of rotatable bonds is 4. The quantitative estimate of drug-likeness (QED) is 0.801. The van der Waals surface area contributed by atoms with Crippen LogP contribution in [0.2, 0.25) is 0 Å². The Kier molecular flexibility index (Phi) is 3.56. The van der Waals surface area contributed by atoms with Crippen LogP contribution in [0.4, 0.5) is 5.00 Å². The summed E-state index contributed by atoms with van der Waals surface area (Å²) < 4.78 is 1.72. The zero-order chi connectivity index (χ0) is 13.8. The lowest BCUT2D eigenvalue weighted by atomic mass is 10.2. The van der Waals surface area contributed by atoms with Crippen molar-refractivity contribution in [3.63, 3.8) is 0 Å². The van der Waals surface area contributed by atoms with Gasteiger partial charge in [0.15, 0.2) is 0 Å². The number of carbonyl (C=O) groups is 1. The number of imidazole rings is 1. The van der Waals surface area contributed by atoms with Gasteiger partial charge in [0.1, 0.15) is 16.6 Å². The van der Waals surface area contributed by atoms with Crippen molar-refractivity contribution in [3.05, 3.63) is 55.2 Å². The standard InChI is InChI=1S/C14H12N4OS/c19-12(9-18-7-6-15-10-18)17-13-8-16-14(20-13)11-4-2-1-3-5-11/h1-8,10H,9H2,(H,17,19). The summed E-state index contributed by atoms with van der Waals surface area (Å²) in [6.45, 7) is 0.249. The zero-order valence-electron chi connectivity index (χ0n) is 10.6. The molecule has 3 rings (SSSR count). The number of hydrogen-bond acceptors (Lipinski definition) is 4. The van der Waals surface area contributed by atoms with E-state index in [1.807, 2.05) is 30.3 Å². The molecular formula is C14H12N4OS. The van der Waals surface area contributed by atoms with E-state index in [4.69, 9.17) is 0 Å². The monoisotopic (exact) mass is 284 g/mol. The van der Waals surface area contributed by atoms with Crippen LogP contribution in [0.15, 0.2) is 55.2 Å². The van der Waals surface area contributed by atoms with E-state index in [0.29, 0.717) is 0 Å². The highest BCUT2D eigenvalue weighted by atomic mass is 32.1. The summed E-state index contributed by atoms with van der Waals surface area (Å²) in [5.41, 5.74) is 1.05. The topological polar surface area (TPSA) is 59.8 Å². The summed E-state index contributed by atoms with van der Waals surface area (Å²) in [6, 6.07) is 9.89. The minimum absolute atomic E-state index is 0.0914. The summed E-state index contributed by atoms with van der Waals surface area (Å²) in [7, 11) is 0. The van der Waals surface area contributed by atoms with Gasteiger partial charge >= 0.3 is 0 Å². The predicted octanol–water partition coefficient (Wildman–Crippen LogP) is 2.65. The number of hydrogen-bond donors (Lipinski definition) is 1.